The summed E-state index contributed by atoms with van der Waals surface area (Å²) in [5.74, 6) is -0.393. The number of sulfonamides is 1. The first-order valence-electron chi connectivity index (χ1n) is 7.85. The number of aryl methyl sites for hydroxylation is 1. The Balaban J connectivity index is 2.34. The number of rotatable bonds is 6. The van der Waals surface area contributed by atoms with E-state index >= 15 is 0 Å². The molecule has 1 N–H and O–H groups in total. The summed E-state index contributed by atoms with van der Waals surface area (Å²) in [5.41, 5.74) is 2.03. The van der Waals surface area contributed by atoms with Gasteiger partial charge in [0.15, 0.2) is 0 Å². The summed E-state index contributed by atoms with van der Waals surface area (Å²) in [6, 6.07) is 12.8. The molecule has 0 saturated heterocycles. The Morgan fingerprint density at radius 2 is 1.68 bits per heavy atom. The molecule has 0 spiro atoms. The number of benzene rings is 2. The summed E-state index contributed by atoms with van der Waals surface area (Å²) in [6.07, 6.45) is 1.44. The molecule has 1 amide bonds. The lowest BCUT2D eigenvalue weighted by Crippen LogP contribution is -2.47. The summed E-state index contributed by atoms with van der Waals surface area (Å²) in [6.45, 7) is 3.69. The van der Waals surface area contributed by atoms with Crippen molar-refractivity contribution < 1.29 is 13.2 Å². The van der Waals surface area contributed by atoms with E-state index in [-0.39, 0.29) is 0 Å². The largest absolute Gasteiger partial charge is 0.324 e. The first-order valence-corrected chi connectivity index (χ1v) is 10.1. The number of carbonyl (C=O) groups is 1. The normalized spacial score (nSPS) is 12.5. The third kappa shape index (κ3) is 4.96. The fraction of sp³-hybridized carbons (Fsp3) is 0.278. The zero-order valence-corrected chi connectivity index (χ0v) is 15.9. The Morgan fingerprint density at radius 3 is 2.16 bits per heavy atom. The minimum absolute atomic E-state index is 0.334. The van der Waals surface area contributed by atoms with Crippen molar-refractivity contribution in [3.05, 3.63) is 59.1 Å². The number of nitrogens with one attached hydrogen (secondary N) is 1. The third-order valence-corrected chi connectivity index (χ3v) is 5.16. The Labute approximate surface area is 153 Å². The molecule has 0 radical (unpaired) electrons. The van der Waals surface area contributed by atoms with Crippen LogP contribution in [0.5, 0.6) is 0 Å². The van der Waals surface area contributed by atoms with E-state index in [1.54, 1.807) is 43.3 Å². The molecular formula is C18H21ClN2O3S. The van der Waals surface area contributed by atoms with Gasteiger partial charge in [0.05, 0.1) is 11.9 Å². The van der Waals surface area contributed by atoms with Crippen molar-refractivity contribution in [2.75, 3.05) is 15.9 Å². The highest BCUT2D eigenvalue weighted by Gasteiger charge is 2.31. The van der Waals surface area contributed by atoms with Gasteiger partial charge in [0.2, 0.25) is 15.9 Å². The van der Waals surface area contributed by atoms with Crippen LogP contribution < -0.4 is 9.62 Å². The maximum atomic E-state index is 12.7. The second-order valence-corrected chi connectivity index (χ2v) is 8.11. The summed E-state index contributed by atoms with van der Waals surface area (Å²) >= 11 is 5.84. The molecule has 134 valence electrons. The van der Waals surface area contributed by atoms with Crippen LogP contribution in [0.1, 0.15) is 18.9 Å². The van der Waals surface area contributed by atoms with Crippen LogP contribution >= 0.6 is 11.6 Å². The van der Waals surface area contributed by atoms with Crippen LogP contribution in [-0.2, 0) is 14.8 Å². The number of carbonyl (C=O) groups excluding carboxylic acids is 1. The molecule has 25 heavy (non-hydrogen) atoms. The number of hydrogen-bond donors (Lipinski definition) is 1. The van der Waals surface area contributed by atoms with E-state index in [0.29, 0.717) is 22.8 Å². The molecule has 0 bridgehead atoms. The van der Waals surface area contributed by atoms with Crippen LogP contribution in [0.3, 0.4) is 0 Å². The average Bonchev–Trinajstić information content (AvgIpc) is 2.54. The molecule has 0 aromatic heterocycles. The highest BCUT2D eigenvalue weighted by Crippen LogP contribution is 2.24. The Hall–Kier alpha value is -2.05. The van der Waals surface area contributed by atoms with Crippen LogP contribution in [-0.4, -0.2) is 26.6 Å². The van der Waals surface area contributed by atoms with Crippen LogP contribution in [0, 0.1) is 6.92 Å². The smallest absolute Gasteiger partial charge is 0.248 e. The van der Waals surface area contributed by atoms with Gasteiger partial charge in [-0.3, -0.25) is 9.10 Å². The van der Waals surface area contributed by atoms with Gasteiger partial charge < -0.3 is 5.32 Å². The Morgan fingerprint density at radius 1 is 1.12 bits per heavy atom. The third-order valence-electron chi connectivity index (χ3n) is 3.73. The monoisotopic (exact) mass is 380 g/mol. The number of halogens is 1. The van der Waals surface area contributed by atoms with Crippen LogP contribution in [0.2, 0.25) is 5.02 Å². The van der Waals surface area contributed by atoms with Gasteiger partial charge in [-0.15, -0.1) is 0 Å². The molecule has 0 unspecified atom stereocenters. The van der Waals surface area contributed by atoms with E-state index in [0.717, 1.165) is 16.1 Å². The van der Waals surface area contributed by atoms with Gasteiger partial charge in [-0.1, -0.05) is 36.2 Å². The van der Waals surface area contributed by atoms with E-state index in [1.165, 1.54) is 0 Å². The van der Waals surface area contributed by atoms with E-state index in [2.05, 4.69) is 5.32 Å². The molecule has 7 heteroatoms. The molecule has 0 heterocycles. The molecule has 0 aliphatic heterocycles. The van der Waals surface area contributed by atoms with Crippen LogP contribution in [0.15, 0.2) is 48.5 Å². The van der Waals surface area contributed by atoms with Crippen molar-refractivity contribution in [1.29, 1.82) is 0 Å². The molecular weight excluding hydrogens is 360 g/mol. The molecule has 0 saturated carbocycles. The highest BCUT2D eigenvalue weighted by molar-refractivity contribution is 7.92. The molecule has 1 atom stereocenters. The topological polar surface area (TPSA) is 66.5 Å². The molecule has 0 aliphatic carbocycles. The second kappa shape index (κ2) is 7.89. The van der Waals surface area contributed by atoms with Crippen molar-refractivity contribution in [1.82, 2.24) is 0 Å². The van der Waals surface area contributed by atoms with Crippen molar-refractivity contribution >= 4 is 38.9 Å². The fourth-order valence-corrected chi connectivity index (χ4v) is 3.85. The number of amides is 1. The summed E-state index contributed by atoms with van der Waals surface area (Å²) in [4.78, 5) is 12.7. The lowest BCUT2D eigenvalue weighted by Gasteiger charge is -2.30. The molecule has 0 aliphatic rings. The Kier molecular flexibility index (Phi) is 6.08. The van der Waals surface area contributed by atoms with Gasteiger partial charge in [0.25, 0.3) is 0 Å². The summed E-state index contributed by atoms with van der Waals surface area (Å²) < 4.78 is 25.9. The minimum Gasteiger partial charge on any atom is -0.324 e. The molecule has 2 rings (SSSR count). The van der Waals surface area contributed by atoms with Gasteiger partial charge >= 0.3 is 0 Å². The summed E-state index contributed by atoms with van der Waals surface area (Å²) in [5, 5.41) is 3.31. The maximum absolute atomic E-state index is 12.7. The van der Waals surface area contributed by atoms with E-state index < -0.39 is 22.0 Å². The van der Waals surface area contributed by atoms with Crippen LogP contribution in [0.25, 0.3) is 0 Å². The minimum atomic E-state index is -3.63. The zero-order valence-electron chi connectivity index (χ0n) is 14.4. The average molecular weight is 381 g/mol. The van der Waals surface area contributed by atoms with Gasteiger partial charge in [-0.05, 0) is 49.7 Å². The van der Waals surface area contributed by atoms with Gasteiger partial charge in [0.1, 0.15) is 6.04 Å². The second-order valence-electron chi connectivity index (χ2n) is 5.81. The van der Waals surface area contributed by atoms with E-state index in [9.17, 15) is 13.2 Å². The molecule has 2 aromatic rings. The first-order chi connectivity index (χ1) is 11.7. The van der Waals surface area contributed by atoms with Crippen LogP contribution in [0.4, 0.5) is 11.4 Å². The van der Waals surface area contributed by atoms with Gasteiger partial charge in [-0.2, -0.15) is 0 Å². The first kappa shape index (κ1) is 19.3. The zero-order chi connectivity index (χ0) is 18.6. The van der Waals surface area contributed by atoms with Gasteiger partial charge in [0, 0.05) is 10.7 Å². The number of anilines is 2. The van der Waals surface area contributed by atoms with Crippen molar-refractivity contribution in [2.45, 2.75) is 26.3 Å². The van der Waals surface area contributed by atoms with Crippen molar-refractivity contribution in [2.24, 2.45) is 0 Å². The van der Waals surface area contributed by atoms with E-state index in [4.69, 9.17) is 11.6 Å². The Bertz CT molecular complexity index is 834. The summed E-state index contributed by atoms with van der Waals surface area (Å²) in [7, 11) is -3.63. The fourth-order valence-electron chi connectivity index (χ4n) is 2.51. The van der Waals surface area contributed by atoms with Crippen molar-refractivity contribution in [3.63, 3.8) is 0 Å². The predicted octanol–water partition coefficient (Wildman–Crippen LogP) is 3.83. The standard InChI is InChI=1S/C18H21ClN2O3S/c1-4-17(18(22)20-15-9-7-14(19)8-10-15)21(25(3,23)24)16-11-5-13(2)6-12-16/h5-12,17H,4H2,1-3H3,(H,20,22)/t17-/m1/s1. The van der Waals surface area contributed by atoms with E-state index in [1.807, 2.05) is 19.1 Å². The lowest BCUT2D eigenvalue weighted by atomic mass is 10.1. The SMILES string of the molecule is CC[C@H](C(=O)Nc1ccc(Cl)cc1)N(c1ccc(C)cc1)S(C)(=O)=O. The number of hydrogen-bond acceptors (Lipinski definition) is 3. The molecule has 5 nitrogen and oxygen atoms in total. The van der Waals surface area contributed by atoms with Gasteiger partial charge in [-0.25, -0.2) is 8.42 Å². The predicted molar refractivity (Wildman–Crippen MR) is 103 cm³/mol. The van der Waals surface area contributed by atoms with Crippen molar-refractivity contribution in [3.8, 4) is 0 Å². The lowest BCUT2D eigenvalue weighted by molar-refractivity contribution is -0.117. The molecule has 2 aromatic carbocycles. The number of nitrogens with zero attached hydrogens (tertiary/aromatic N) is 1. The maximum Gasteiger partial charge on any atom is 0.248 e. The quantitative estimate of drug-likeness (QED) is 0.828. The highest BCUT2D eigenvalue weighted by atomic mass is 35.5. The molecule has 0 fully saturated rings.